The van der Waals surface area contributed by atoms with Crippen LogP contribution in [0.5, 0.6) is 0 Å². The van der Waals surface area contributed by atoms with E-state index in [4.69, 9.17) is 14.0 Å². The lowest BCUT2D eigenvalue weighted by atomic mass is 9.98. The number of nitrogens with one attached hydrogen (secondary N) is 1. The fourth-order valence-corrected chi connectivity index (χ4v) is 5.39. The van der Waals surface area contributed by atoms with E-state index in [-0.39, 0.29) is 18.0 Å². The maximum atomic E-state index is 13.5. The summed E-state index contributed by atoms with van der Waals surface area (Å²) < 4.78 is 10.7. The lowest BCUT2D eigenvalue weighted by Crippen LogP contribution is -2.23. The summed E-state index contributed by atoms with van der Waals surface area (Å²) in [5.41, 5.74) is 4.85. The number of fused-ring (bicyclic) bond motifs is 2. The van der Waals surface area contributed by atoms with Gasteiger partial charge in [-0.05, 0) is 57.7 Å². The van der Waals surface area contributed by atoms with E-state index in [1.165, 1.54) is 35.3 Å². The molecule has 2 heterocycles. The van der Waals surface area contributed by atoms with Gasteiger partial charge in [0.15, 0.2) is 0 Å². The Hall–Kier alpha value is -4.82. The third kappa shape index (κ3) is 4.65. The minimum absolute atomic E-state index is 0.199. The van der Waals surface area contributed by atoms with Crippen molar-refractivity contribution in [3.63, 3.8) is 0 Å². The first-order valence-corrected chi connectivity index (χ1v) is 12.7. The molecule has 38 heavy (non-hydrogen) atoms. The topological polar surface area (TPSA) is 105 Å². The van der Waals surface area contributed by atoms with E-state index in [1.54, 1.807) is 18.2 Å². The maximum absolute atomic E-state index is 13.5. The highest BCUT2D eigenvalue weighted by Gasteiger charge is 2.20. The smallest absolute Gasteiger partial charge is 0.335 e. The van der Waals surface area contributed by atoms with Gasteiger partial charge in [-0.25, -0.2) is 4.79 Å². The Morgan fingerprint density at radius 2 is 1.68 bits per heavy atom. The van der Waals surface area contributed by atoms with Crippen molar-refractivity contribution in [1.82, 2.24) is 14.8 Å². The molecule has 7 nitrogen and oxygen atoms in total. The predicted octanol–water partition coefficient (Wildman–Crippen LogP) is 6.32. The zero-order valence-electron chi connectivity index (χ0n) is 20.0. The number of rotatable bonds is 7. The molecule has 0 atom stereocenters. The highest BCUT2D eigenvalue weighted by Crippen LogP contribution is 2.33. The van der Waals surface area contributed by atoms with Crippen molar-refractivity contribution in [2.75, 3.05) is 0 Å². The highest BCUT2D eigenvalue weighted by molar-refractivity contribution is 7.13. The average molecular weight is 520 g/mol. The van der Waals surface area contributed by atoms with Crippen molar-refractivity contribution in [1.29, 1.82) is 0 Å². The Bertz CT molecular complexity index is 1790. The summed E-state index contributed by atoms with van der Waals surface area (Å²) in [4.78, 5) is 24.7. The van der Waals surface area contributed by atoms with Gasteiger partial charge in [-0.3, -0.25) is 4.79 Å². The Morgan fingerprint density at radius 3 is 2.45 bits per heavy atom. The lowest BCUT2D eigenvalue weighted by molar-refractivity contribution is 0.0696. The third-order valence-corrected chi connectivity index (χ3v) is 7.29. The van der Waals surface area contributed by atoms with Crippen molar-refractivity contribution < 1.29 is 19.2 Å². The van der Waals surface area contributed by atoms with Crippen LogP contribution in [0.2, 0.25) is 0 Å². The zero-order valence-corrected chi connectivity index (χ0v) is 20.9. The van der Waals surface area contributed by atoms with Gasteiger partial charge in [0.05, 0.1) is 21.5 Å². The molecule has 0 saturated carbocycles. The zero-order chi connectivity index (χ0) is 26.1. The number of benzene rings is 4. The number of hydrogen-bond acceptors (Lipinski definition) is 6. The third-order valence-electron chi connectivity index (χ3n) is 6.46. The summed E-state index contributed by atoms with van der Waals surface area (Å²) in [5, 5.41) is 19.3. The first-order valence-electron chi connectivity index (χ1n) is 12.0. The quantitative estimate of drug-likeness (QED) is 0.256. The summed E-state index contributed by atoms with van der Waals surface area (Å²) in [6.45, 7) is 0.256. The minimum atomic E-state index is -0.989. The molecule has 2 aromatic heterocycles. The molecular formula is C30H21N3O4S. The van der Waals surface area contributed by atoms with Crippen LogP contribution >= 0.6 is 11.5 Å². The number of carboxylic acids is 1. The van der Waals surface area contributed by atoms with Crippen LogP contribution in [0.15, 0.2) is 95.7 Å². The number of amides is 1. The van der Waals surface area contributed by atoms with Crippen molar-refractivity contribution in [2.45, 2.75) is 13.0 Å². The number of hydrogen-bond donors (Lipinski definition) is 2. The van der Waals surface area contributed by atoms with E-state index in [9.17, 15) is 9.59 Å². The van der Waals surface area contributed by atoms with Crippen molar-refractivity contribution in [2.24, 2.45) is 0 Å². The van der Waals surface area contributed by atoms with Gasteiger partial charge in [-0.15, -0.1) is 0 Å². The first kappa shape index (κ1) is 23.6. The molecule has 0 spiro atoms. The van der Waals surface area contributed by atoms with Gasteiger partial charge in [0.1, 0.15) is 12.0 Å². The Kier molecular flexibility index (Phi) is 6.15. The van der Waals surface area contributed by atoms with Crippen LogP contribution in [0.4, 0.5) is 0 Å². The fraction of sp³-hybridized carbons (Fsp3) is 0.0667. The molecular weight excluding hydrogens is 498 g/mol. The average Bonchev–Trinajstić information content (AvgIpc) is 3.62. The molecule has 186 valence electrons. The highest BCUT2D eigenvalue weighted by atomic mass is 32.1. The Morgan fingerprint density at radius 1 is 0.895 bits per heavy atom. The summed E-state index contributed by atoms with van der Waals surface area (Å²) in [5.74, 6) is -1.24. The standard InChI is InChI=1S/C30H21N3O4S/c34-29(31-17-18-5-9-21(10-6-18)30(35)36)24-15-23(25-11-12-37-32-25)16-27-28(24)26(33-38-27)14-19-7-8-20-3-1-2-4-22(20)13-19/h1-13,15-16H,14,17H2,(H,31,34)(H,35,36). The first-order chi connectivity index (χ1) is 18.5. The number of aromatic carboxylic acids is 1. The molecule has 0 bridgehead atoms. The van der Waals surface area contributed by atoms with E-state index in [2.05, 4.69) is 40.8 Å². The Balaban J connectivity index is 1.35. The van der Waals surface area contributed by atoms with Crippen LogP contribution in [-0.2, 0) is 13.0 Å². The van der Waals surface area contributed by atoms with Crippen molar-refractivity contribution in [3.8, 4) is 11.3 Å². The monoisotopic (exact) mass is 519 g/mol. The normalized spacial score (nSPS) is 11.2. The van der Waals surface area contributed by atoms with Crippen LogP contribution in [-0.4, -0.2) is 26.5 Å². The molecule has 2 N–H and O–H groups in total. The van der Waals surface area contributed by atoms with Gasteiger partial charge in [0.25, 0.3) is 5.91 Å². The summed E-state index contributed by atoms with van der Waals surface area (Å²) in [7, 11) is 0. The molecule has 0 aliphatic heterocycles. The number of aromatic nitrogens is 2. The van der Waals surface area contributed by atoms with Crippen LogP contribution in [0.1, 0.15) is 37.5 Å². The van der Waals surface area contributed by atoms with Crippen LogP contribution in [0.3, 0.4) is 0 Å². The molecule has 6 aromatic rings. The molecule has 0 saturated heterocycles. The fourth-order valence-electron chi connectivity index (χ4n) is 4.53. The van der Waals surface area contributed by atoms with Crippen LogP contribution in [0.25, 0.3) is 32.1 Å². The lowest BCUT2D eigenvalue weighted by Gasteiger charge is -2.10. The van der Waals surface area contributed by atoms with Crippen molar-refractivity contribution in [3.05, 3.63) is 119 Å². The second-order valence-corrected chi connectivity index (χ2v) is 9.76. The summed E-state index contributed by atoms with van der Waals surface area (Å²) in [6, 6.07) is 26.6. The number of carbonyl (C=O) groups is 2. The van der Waals surface area contributed by atoms with E-state index >= 15 is 0 Å². The van der Waals surface area contributed by atoms with Gasteiger partial charge in [0.2, 0.25) is 0 Å². The molecule has 0 fully saturated rings. The molecule has 0 radical (unpaired) electrons. The SMILES string of the molecule is O=C(O)c1ccc(CNC(=O)c2cc(-c3ccon3)cc3snc(Cc4ccc5ccccc5c4)c23)cc1. The largest absolute Gasteiger partial charge is 0.478 e. The molecule has 6 rings (SSSR count). The molecule has 0 aliphatic rings. The molecule has 1 amide bonds. The molecule has 0 aliphatic carbocycles. The number of carboxylic acid groups (broad SMARTS) is 1. The van der Waals surface area contributed by atoms with Gasteiger partial charge in [0, 0.05) is 30.0 Å². The number of carbonyl (C=O) groups excluding carboxylic acids is 1. The molecule has 8 heteroatoms. The summed E-state index contributed by atoms with van der Waals surface area (Å²) >= 11 is 1.35. The second-order valence-electron chi connectivity index (χ2n) is 8.95. The molecule has 4 aromatic carbocycles. The van der Waals surface area contributed by atoms with Gasteiger partial charge in [-0.2, -0.15) is 4.37 Å². The van der Waals surface area contributed by atoms with E-state index in [1.807, 2.05) is 24.3 Å². The maximum Gasteiger partial charge on any atom is 0.335 e. The van der Waals surface area contributed by atoms with Gasteiger partial charge in [-0.1, -0.05) is 59.8 Å². The predicted molar refractivity (Wildman–Crippen MR) is 146 cm³/mol. The van der Waals surface area contributed by atoms with Crippen LogP contribution in [0, 0.1) is 0 Å². The van der Waals surface area contributed by atoms with Crippen molar-refractivity contribution >= 4 is 44.3 Å². The van der Waals surface area contributed by atoms with E-state index in [0.29, 0.717) is 17.7 Å². The van der Waals surface area contributed by atoms with Crippen LogP contribution < -0.4 is 5.32 Å². The number of nitrogens with zero attached hydrogens (tertiary/aromatic N) is 2. The minimum Gasteiger partial charge on any atom is -0.478 e. The van der Waals surface area contributed by atoms with E-state index in [0.717, 1.165) is 37.9 Å². The Labute approximate surface area is 221 Å². The van der Waals surface area contributed by atoms with Gasteiger partial charge < -0.3 is 14.9 Å². The molecule has 0 unspecified atom stereocenters. The van der Waals surface area contributed by atoms with Gasteiger partial charge >= 0.3 is 5.97 Å². The second kappa shape index (κ2) is 9.91. The summed E-state index contributed by atoms with van der Waals surface area (Å²) in [6.07, 6.45) is 2.09. The van der Waals surface area contributed by atoms with E-state index < -0.39 is 5.97 Å².